The molecule has 5 nitrogen and oxygen atoms in total. The van der Waals surface area contributed by atoms with Gasteiger partial charge in [-0.05, 0) is 19.1 Å². The summed E-state index contributed by atoms with van der Waals surface area (Å²) in [6.07, 6.45) is 0. The fraction of sp³-hybridized carbons (Fsp3) is 0.333. The normalized spacial score (nSPS) is 10.7. The third-order valence-corrected chi connectivity index (χ3v) is 4.24. The number of aryl methyl sites for hydroxylation is 1. The fourth-order valence-corrected chi connectivity index (χ4v) is 2.90. The minimum absolute atomic E-state index is 0.00436. The third-order valence-electron chi connectivity index (χ3n) is 2.83. The van der Waals surface area contributed by atoms with E-state index >= 15 is 0 Å². The largest absolute Gasteiger partial charge is 0.382 e. The van der Waals surface area contributed by atoms with Crippen LogP contribution < -0.4 is 5.32 Å². The molecule has 7 heteroatoms. The maximum Gasteiger partial charge on any atom is 0.252 e. The van der Waals surface area contributed by atoms with Gasteiger partial charge in [0.1, 0.15) is 6.61 Å². The molecule has 1 N–H and O–H groups in total. The lowest BCUT2D eigenvalue weighted by Crippen LogP contribution is -2.19. The maximum absolute atomic E-state index is 11.8. The predicted octanol–water partition coefficient (Wildman–Crippen LogP) is 3.48. The van der Waals surface area contributed by atoms with Crippen LogP contribution in [0.25, 0.3) is 11.3 Å². The van der Waals surface area contributed by atoms with Gasteiger partial charge in [-0.1, -0.05) is 28.1 Å². The molecular formula is C15H17BrN2O3S. The molecule has 0 unspecified atom stereocenters. The molecule has 0 aliphatic rings. The quantitative estimate of drug-likeness (QED) is 0.742. The molecule has 0 bridgehead atoms. The van der Waals surface area contributed by atoms with Crippen LogP contribution in [0.1, 0.15) is 4.88 Å². The summed E-state index contributed by atoms with van der Waals surface area (Å²) in [5.74, 6) is -0.216. The molecule has 0 saturated carbocycles. The molecule has 0 saturated heterocycles. The van der Waals surface area contributed by atoms with Crippen molar-refractivity contribution in [2.45, 2.75) is 6.92 Å². The number of rotatable bonds is 7. The molecule has 0 spiro atoms. The van der Waals surface area contributed by atoms with Crippen LogP contribution in [0, 0.1) is 6.92 Å². The maximum atomic E-state index is 11.8. The molecule has 22 heavy (non-hydrogen) atoms. The Bertz CT molecular complexity index is 628. The second-order valence-electron chi connectivity index (χ2n) is 4.52. The molecule has 0 atom stereocenters. The average molecular weight is 385 g/mol. The highest BCUT2D eigenvalue weighted by Gasteiger charge is 2.12. The fourth-order valence-electron chi connectivity index (χ4n) is 1.79. The van der Waals surface area contributed by atoms with Crippen molar-refractivity contribution in [3.63, 3.8) is 0 Å². The Morgan fingerprint density at radius 2 is 2.05 bits per heavy atom. The molecule has 1 aromatic heterocycles. The first-order valence-corrected chi connectivity index (χ1v) is 8.31. The van der Waals surface area contributed by atoms with Crippen LogP contribution in [0.4, 0.5) is 5.13 Å². The first-order valence-electron chi connectivity index (χ1n) is 6.70. The number of methoxy groups -OCH3 is 1. The third kappa shape index (κ3) is 4.88. The highest BCUT2D eigenvalue weighted by atomic mass is 79.9. The van der Waals surface area contributed by atoms with Crippen molar-refractivity contribution in [3.05, 3.63) is 33.6 Å². The zero-order chi connectivity index (χ0) is 15.9. The lowest BCUT2D eigenvalue weighted by atomic mass is 10.1. The molecular weight excluding hydrogens is 368 g/mol. The lowest BCUT2D eigenvalue weighted by Gasteiger charge is -2.03. The van der Waals surface area contributed by atoms with E-state index in [0.717, 1.165) is 20.6 Å². The van der Waals surface area contributed by atoms with Gasteiger partial charge >= 0.3 is 0 Å². The summed E-state index contributed by atoms with van der Waals surface area (Å²) < 4.78 is 11.0. The van der Waals surface area contributed by atoms with E-state index in [9.17, 15) is 4.79 Å². The molecule has 2 aromatic rings. The van der Waals surface area contributed by atoms with Crippen molar-refractivity contribution in [1.82, 2.24) is 4.98 Å². The number of carbonyl (C=O) groups is 1. The van der Waals surface area contributed by atoms with Crippen LogP contribution in [0.3, 0.4) is 0 Å². The number of nitrogens with zero attached hydrogens (tertiary/aromatic N) is 1. The Balaban J connectivity index is 1.97. The average Bonchev–Trinajstić information content (AvgIpc) is 2.85. The monoisotopic (exact) mass is 384 g/mol. The number of halogens is 1. The molecule has 1 amide bonds. The van der Waals surface area contributed by atoms with Crippen LogP contribution in [0.2, 0.25) is 0 Å². The lowest BCUT2D eigenvalue weighted by molar-refractivity contribution is -0.121. The van der Waals surface area contributed by atoms with Crippen molar-refractivity contribution in [1.29, 1.82) is 0 Å². The van der Waals surface area contributed by atoms with Gasteiger partial charge in [0.25, 0.3) is 5.91 Å². The molecule has 0 aliphatic carbocycles. The van der Waals surface area contributed by atoms with E-state index in [1.54, 1.807) is 7.11 Å². The van der Waals surface area contributed by atoms with Gasteiger partial charge in [0.05, 0.1) is 18.9 Å². The Morgan fingerprint density at radius 1 is 1.32 bits per heavy atom. The zero-order valence-electron chi connectivity index (χ0n) is 12.4. The van der Waals surface area contributed by atoms with Crippen LogP contribution in [0.5, 0.6) is 0 Å². The number of carbonyl (C=O) groups excluding carboxylic acids is 1. The summed E-state index contributed by atoms with van der Waals surface area (Å²) in [4.78, 5) is 17.3. The van der Waals surface area contributed by atoms with Gasteiger partial charge in [-0.15, -0.1) is 11.3 Å². The van der Waals surface area contributed by atoms with Crippen molar-refractivity contribution in [2.24, 2.45) is 0 Å². The number of hydrogen-bond donors (Lipinski definition) is 1. The number of amides is 1. The van der Waals surface area contributed by atoms with Gasteiger partial charge in [0.2, 0.25) is 0 Å². The number of ether oxygens (including phenoxy) is 2. The van der Waals surface area contributed by atoms with Crippen LogP contribution in [0.15, 0.2) is 28.7 Å². The van der Waals surface area contributed by atoms with Crippen LogP contribution >= 0.6 is 27.3 Å². The minimum Gasteiger partial charge on any atom is -0.382 e. The summed E-state index contributed by atoms with van der Waals surface area (Å²) in [6, 6.07) is 7.92. The van der Waals surface area contributed by atoms with Gasteiger partial charge in [-0.25, -0.2) is 4.98 Å². The number of thiazole rings is 1. The second kappa shape index (κ2) is 8.38. The van der Waals surface area contributed by atoms with Gasteiger partial charge < -0.3 is 9.47 Å². The topological polar surface area (TPSA) is 60.5 Å². The Kier molecular flexibility index (Phi) is 6.50. The summed E-state index contributed by atoms with van der Waals surface area (Å²) in [6.45, 7) is 2.84. The summed E-state index contributed by atoms with van der Waals surface area (Å²) in [5, 5.41) is 3.33. The van der Waals surface area contributed by atoms with E-state index in [1.807, 2.05) is 31.2 Å². The number of aromatic nitrogens is 1. The van der Waals surface area contributed by atoms with Gasteiger partial charge in [-0.3, -0.25) is 10.1 Å². The Morgan fingerprint density at radius 3 is 2.73 bits per heavy atom. The van der Waals surface area contributed by atoms with E-state index in [-0.39, 0.29) is 12.5 Å². The van der Waals surface area contributed by atoms with Crippen LogP contribution in [-0.2, 0) is 14.3 Å². The van der Waals surface area contributed by atoms with E-state index < -0.39 is 0 Å². The summed E-state index contributed by atoms with van der Waals surface area (Å²) in [5.41, 5.74) is 1.90. The smallest absolute Gasteiger partial charge is 0.252 e. The Hall–Kier alpha value is -1.28. The molecule has 118 valence electrons. The molecule has 2 rings (SSSR count). The highest BCUT2D eigenvalue weighted by Crippen LogP contribution is 2.30. The number of nitrogens with one attached hydrogen (secondary N) is 1. The highest BCUT2D eigenvalue weighted by molar-refractivity contribution is 9.10. The molecule has 1 heterocycles. The number of hydrogen-bond acceptors (Lipinski definition) is 5. The van der Waals surface area contributed by atoms with Gasteiger partial charge in [0.15, 0.2) is 5.13 Å². The minimum atomic E-state index is -0.216. The second-order valence-corrected chi connectivity index (χ2v) is 6.64. The number of anilines is 1. The van der Waals surface area contributed by atoms with Crippen molar-refractivity contribution < 1.29 is 14.3 Å². The first-order chi connectivity index (χ1) is 10.6. The summed E-state index contributed by atoms with van der Waals surface area (Å²) in [7, 11) is 1.59. The van der Waals surface area contributed by atoms with Crippen molar-refractivity contribution >= 4 is 38.3 Å². The summed E-state index contributed by atoms with van der Waals surface area (Å²) >= 11 is 4.86. The van der Waals surface area contributed by atoms with Crippen molar-refractivity contribution in [2.75, 3.05) is 32.2 Å². The van der Waals surface area contributed by atoms with Crippen molar-refractivity contribution in [3.8, 4) is 11.3 Å². The molecule has 1 aromatic carbocycles. The van der Waals surface area contributed by atoms with E-state index in [1.165, 1.54) is 11.3 Å². The van der Waals surface area contributed by atoms with Gasteiger partial charge in [0, 0.05) is 22.0 Å². The standard InChI is InChI=1S/C15H17BrN2O3S/c1-10-14(11-3-5-12(16)6-4-11)18-15(22-10)17-13(19)9-21-8-7-20-2/h3-6H,7-9H2,1-2H3,(H,17,18,19). The Labute approximate surface area is 141 Å². The SMILES string of the molecule is COCCOCC(=O)Nc1nc(-c2ccc(Br)cc2)c(C)s1. The molecule has 0 aliphatic heterocycles. The number of benzene rings is 1. The van der Waals surface area contributed by atoms with E-state index in [2.05, 4.69) is 26.2 Å². The van der Waals surface area contributed by atoms with Gasteiger partial charge in [-0.2, -0.15) is 0 Å². The van der Waals surface area contributed by atoms with E-state index in [4.69, 9.17) is 9.47 Å². The zero-order valence-corrected chi connectivity index (χ0v) is 14.8. The molecule has 0 radical (unpaired) electrons. The van der Waals surface area contributed by atoms with Crippen LogP contribution in [-0.4, -0.2) is 37.8 Å². The first kappa shape index (κ1) is 17.1. The predicted molar refractivity (Wildman–Crippen MR) is 91.3 cm³/mol. The molecule has 0 fully saturated rings. The van der Waals surface area contributed by atoms with E-state index in [0.29, 0.717) is 18.3 Å².